The first-order valence-electron chi connectivity index (χ1n) is 9.69. The first-order valence-corrected chi connectivity index (χ1v) is 9.69. The molecule has 0 aliphatic heterocycles. The number of ether oxygens (including phenoxy) is 1. The van der Waals surface area contributed by atoms with E-state index in [1.165, 1.54) is 0 Å². The van der Waals surface area contributed by atoms with Gasteiger partial charge in [0.05, 0.1) is 19.2 Å². The number of nitrogens with zero attached hydrogens (tertiary/aromatic N) is 4. The van der Waals surface area contributed by atoms with Crippen molar-refractivity contribution >= 4 is 10.9 Å². The summed E-state index contributed by atoms with van der Waals surface area (Å²) in [6.45, 7) is 2.62. The second-order valence-electron chi connectivity index (χ2n) is 7.12. The van der Waals surface area contributed by atoms with Crippen LogP contribution >= 0.6 is 0 Å². The Bertz CT molecular complexity index is 1340. The minimum Gasteiger partial charge on any atom is -0.497 e. The van der Waals surface area contributed by atoms with Crippen LogP contribution in [0.5, 0.6) is 5.75 Å². The highest BCUT2D eigenvalue weighted by Gasteiger charge is 2.15. The smallest absolute Gasteiger partial charge is 0.157 e. The van der Waals surface area contributed by atoms with Gasteiger partial charge >= 0.3 is 0 Å². The fraction of sp³-hybridized carbons (Fsp3) is 0.125. The van der Waals surface area contributed by atoms with Crippen LogP contribution in [0.15, 0.2) is 77.7 Å². The Kier molecular flexibility index (Phi) is 4.52. The molecule has 0 aliphatic rings. The molecular formula is C24H20N4O2. The van der Waals surface area contributed by atoms with Crippen molar-refractivity contribution < 1.29 is 9.26 Å². The molecule has 0 radical (unpaired) electrons. The van der Waals surface area contributed by atoms with Gasteiger partial charge in [0.2, 0.25) is 0 Å². The van der Waals surface area contributed by atoms with Crippen LogP contribution < -0.4 is 4.74 Å². The van der Waals surface area contributed by atoms with E-state index in [-0.39, 0.29) is 0 Å². The molecule has 6 nitrogen and oxygen atoms in total. The molecule has 0 saturated heterocycles. The predicted molar refractivity (Wildman–Crippen MR) is 115 cm³/mol. The Morgan fingerprint density at radius 3 is 2.83 bits per heavy atom. The molecular weight excluding hydrogens is 376 g/mol. The number of aromatic nitrogens is 4. The molecule has 0 bridgehead atoms. The van der Waals surface area contributed by atoms with E-state index in [0.717, 1.165) is 50.6 Å². The third kappa shape index (κ3) is 3.22. The maximum absolute atomic E-state index is 5.62. The number of fused-ring (bicyclic) bond motifs is 1. The van der Waals surface area contributed by atoms with E-state index in [2.05, 4.69) is 38.7 Å². The summed E-state index contributed by atoms with van der Waals surface area (Å²) in [5, 5.41) is 5.32. The van der Waals surface area contributed by atoms with Gasteiger partial charge in [0.25, 0.3) is 0 Å². The SMILES string of the molecule is COc1cccc(-c2cc(Cn3ccnc3-c3c(C)ccc4ncccc34)on2)c1. The van der Waals surface area contributed by atoms with Crippen LogP contribution in [0, 0.1) is 6.92 Å². The quantitative estimate of drug-likeness (QED) is 0.413. The Morgan fingerprint density at radius 1 is 1.00 bits per heavy atom. The predicted octanol–water partition coefficient (Wildman–Crippen LogP) is 5.12. The fourth-order valence-corrected chi connectivity index (χ4v) is 3.70. The molecule has 0 saturated carbocycles. The van der Waals surface area contributed by atoms with Crippen molar-refractivity contribution in [2.45, 2.75) is 13.5 Å². The number of pyridine rings is 1. The monoisotopic (exact) mass is 396 g/mol. The zero-order valence-electron chi connectivity index (χ0n) is 16.7. The van der Waals surface area contributed by atoms with Crippen molar-refractivity contribution in [3.63, 3.8) is 0 Å². The molecule has 0 spiro atoms. The lowest BCUT2D eigenvalue weighted by atomic mass is 10.0. The highest BCUT2D eigenvalue weighted by Crippen LogP contribution is 2.31. The molecule has 30 heavy (non-hydrogen) atoms. The number of hydrogen-bond donors (Lipinski definition) is 0. The van der Waals surface area contributed by atoms with Crippen LogP contribution in [0.1, 0.15) is 11.3 Å². The van der Waals surface area contributed by atoms with Crippen LogP contribution in [0.3, 0.4) is 0 Å². The Labute approximate surface area is 173 Å². The first kappa shape index (κ1) is 18.1. The first-order chi connectivity index (χ1) is 14.7. The Balaban J connectivity index is 1.50. The lowest BCUT2D eigenvalue weighted by molar-refractivity contribution is 0.378. The summed E-state index contributed by atoms with van der Waals surface area (Å²) in [6.07, 6.45) is 5.57. The molecule has 0 fully saturated rings. The van der Waals surface area contributed by atoms with Crippen LogP contribution in [-0.4, -0.2) is 26.8 Å². The van der Waals surface area contributed by atoms with Gasteiger partial charge in [0, 0.05) is 41.2 Å². The summed E-state index contributed by atoms with van der Waals surface area (Å²) in [6, 6.07) is 17.9. The molecule has 0 atom stereocenters. The number of rotatable bonds is 5. The number of imidazole rings is 1. The number of benzene rings is 2. The highest BCUT2D eigenvalue weighted by molar-refractivity contribution is 5.94. The Morgan fingerprint density at radius 2 is 1.93 bits per heavy atom. The third-order valence-electron chi connectivity index (χ3n) is 5.18. The second-order valence-corrected chi connectivity index (χ2v) is 7.12. The van der Waals surface area contributed by atoms with Gasteiger partial charge < -0.3 is 13.8 Å². The van der Waals surface area contributed by atoms with Crippen molar-refractivity contribution in [2.24, 2.45) is 0 Å². The standard InChI is InChI=1S/C24H20N4O2/c1-16-8-9-21-20(7-4-10-25-21)23(16)24-26-11-12-28(24)15-19-14-22(27-30-19)17-5-3-6-18(13-17)29-2/h3-14H,15H2,1-2H3. The maximum atomic E-state index is 5.62. The van der Waals surface area contributed by atoms with Gasteiger partial charge in [-0.15, -0.1) is 0 Å². The molecule has 0 N–H and O–H groups in total. The molecule has 3 heterocycles. The summed E-state index contributed by atoms with van der Waals surface area (Å²) in [5.41, 5.74) is 4.91. The zero-order chi connectivity index (χ0) is 20.5. The van der Waals surface area contributed by atoms with E-state index >= 15 is 0 Å². The number of aryl methyl sites for hydroxylation is 1. The average molecular weight is 396 g/mol. The molecule has 0 amide bonds. The molecule has 0 aliphatic carbocycles. The van der Waals surface area contributed by atoms with E-state index in [1.54, 1.807) is 7.11 Å². The van der Waals surface area contributed by atoms with Crippen molar-refractivity contribution in [1.82, 2.24) is 19.7 Å². The summed E-state index contributed by atoms with van der Waals surface area (Å²) in [4.78, 5) is 9.12. The van der Waals surface area contributed by atoms with E-state index in [4.69, 9.17) is 9.26 Å². The van der Waals surface area contributed by atoms with E-state index < -0.39 is 0 Å². The van der Waals surface area contributed by atoms with Crippen LogP contribution in [0.2, 0.25) is 0 Å². The van der Waals surface area contributed by atoms with E-state index in [0.29, 0.717) is 6.54 Å². The van der Waals surface area contributed by atoms with Crippen molar-refractivity contribution in [2.75, 3.05) is 7.11 Å². The summed E-state index contributed by atoms with van der Waals surface area (Å²) in [7, 11) is 1.65. The topological polar surface area (TPSA) is 66.0 Å². The molecule has 148 valence electrons. The van der Waals surface area contributed by atoms with Crippen LogP contribution in [0.4, 0.5) is 0 Å². The normalized spacial score (nSPS) is 11.1. The lowest BCUT2D eigenvalue weighted by Crippen LogP contribution is -2.02. The van der Waals surface area contributed by atoms with Crippen molar-refractivity contribution in [3.8, 4) is 28.4 Å². The maximum Gasteiger partial charge on any atom is 0.157 e. The molecule has 2 aromatic carbocycles. The molecule has 5 aromatic rings. The summed E-state index contributed by atoms with van der Waals surface area (Å²) < 4.78 is 13.0. The third-order valence-corrected chi connectivity index (χ3v) is 5.18. The average Bonchev–Trinajstić information content (AvgIpc) is 3.44. The number of methoxy groups -OCH3 is 1. The van der Waals surface area contributed by atoms with Gasteiger partial charge in [0.15, 0.2) is 5.76 Å². The minimum atomic E-state index is 0.530. The van der Waals surface area contributed by atoms with E-state index in [1.807, 2.05) is 61.1 Å². The second kappa shape index (κ2) is 7.48. The van der Waals surface area contributed by atoms with Gasteiger partial charge in [-0.2, -0.15) is 0 Å². The van der Waals surface area contributed by atoms with Crippen LogP contribution in [0.25, 0.3) is 33.5 Å². The van der Waals surface area contributed by atoms with Gasteiger partial charge in [-0.1, -0.05) is 29.4 Å². The van der Waals surface area contributed by atoms with Crippen molar-refractivity contribution in [3.05, 3.63) is 84.5 Å². The van der Waals surface area contributed by atoms with Gasteiger partial charge in [-0.3, -0.25) is 4.98 Å². The zero-order valence-corrected chi connectivity index (χ0v) is 16.7. The molecule has 6 heteroatoms. The van der Waals surface area contributed by atoms with Gasteiger partial charge in [-0.25, -0.2) is 4.98 Å². The Hall–Kier alpha value is -3.93. The van der Waals surface area contributed by atoms with Gasteiger partial charge in [0.1, 0.15) is 17.3 Å². The minimum absolute atomic E-state index is 0.530. The molecule has 5 rings (SSSR count). The highest BCUT2D eigenvalue weighted by atomic mass is 16.5. The van der Waals surface area contributed by atoms with E-state index in [9.17, 15) is 0 Å². The largest absolute Gasteiger partial charge is 0.497 e. The fourth-order valence-electron chi connectivity index (χ4n) is 3.70. The van der Waals surface area contributed by atoms with Crippen molar-refractivity contribution in [1.29, 1.82) is 0 Å². The summed E-state index contributed by atoms with van der Waals surface area (Å²) >= 11 is 0. The molecule has 0 unspecified atom stereocenters. The lowest BCUT2D eigenvalue weighted by Gasteiger charge is -2.11. The number of hydrogen-bond acceptors (Lipinski definition) is 5. The van der Waals surface area contributed by atoms with Gasteiger partial charge in [-0.05, 0) is 36.8 Å². The summed E-state index contributed by atoms with van der Waals surface area (Å²) in [5.74, 6) is 2.42. The van der Waals surface area contributed by atoms with Crippen LogP contribution in [-0.2, 0) is 6.54 Å². The molecule has 3 aromatic heterocycles.